The lowest BCUT2D eigenvalue weighted by atomic mass is 10.4. The van der Waals surface area contributed by atoms with Gasteiger partial charge in [-0.25, -0.2) is 23.5 Å². The van der Waals surface area contributed by atoms with E-state index in [1.54, 1.807) is 0 Å². The van der Waals surface area contributed by atoms with Crippen molar-refractivity contribution in [1.82, 2.24) is 14.4 Å². The molecule has 9 heteroatoms. The standard InChI is InChI=1S/C12H13N5O2S2/c1-8-3-2-4-10-16-9(7-17(8)10)5-14-12-15-6-11(20-12)21(13,18)19/h2-4,6-7H,5H2,1H3,(H,14,15)(H2,13,18,19). The number of aryl methyl sites for hydroxylation is 1. The maximum atomic E-state index is 11.2. The second-order valence-electron chi connectivity index (χ2n) is 4.51. The van der Waals surface area contributed by atoms with Gasteiger partial charge in [0.05, 0.1) is 18.4 Å². The van der Waals surface area contributed by atoms with Crippen LogP contribution in [-0.2, 0) is 16.6 Å². The van der Waals surface area contributed by atoms with Crippen LogP contribution in [0.2, 0.25) is 0 Å². The summed E-state index contributed by atoms with van der Waals surface area (Å²) in [6.07, 6.45) is 3.18. The Balaban J connectivity index is 1.77. The van der Waals surface area contributed by atoms with Gasteiger partial charge in [0.15, 0.2) is 9.34 Å². The van der Waals surface area contributed by atoms with Gasteiger partial charge in [-0.05, 0) is 19.1 Å². The number of hydrogen-bond donors (Lipinski definition) is 2. The van der Waals surface area contributed by atoms with Crippen molar-refractivity contribution < 1.29 is 8.42 Å². The topological polar surface area (TPSA) is 102 Å². The van der Waals surface area contributed by atoms with Crippen LogP contribution in [0, 0.1) is 6.92 Å². The lowest BCUT2D eigenvalue weighted by Crippen LogP contribution is -2.09. The Morgan fingerprint density at radius 2 is 2.24 bits per heavy atom. The number of nitrogens with one attached hydrogen (secondary N) is 1. The van der Waals surface area contributed by atoms with Gasteiger partial charge in [0.1, 0.15) is 5.65 Å². The molecular formula is C12H13N5O2S2. The van der Waals surface area contributed by atoms with Gasteiger partial charge < -0.3 is 9.72 Å². The highest BCUT2D eigenvalue weighted by Gasteiger charge is 2.12. The van der Waals surface area contributed by atoms with Crippen molar-refractivity contribution in [1.29, 1.82) is 0 Å². The predicted molar refractivity (Wildman–Crippen MR) is 80.7 cm³/mol. The van der Waals surface area contributed by atoms with Crippen LogP contribution in [-0.4, -0.2) is 22.8 Å². The van der Waals surface area contributed by atoms with E-state index in [1.807, 2.05) is 35.7 Å². The molecule has 0 spiro atoms. The lowest BCUT2D eigenvalue weighted by molar-refractivity contribution is 0.599. The highest BCUT2D eigenvalue weighted by Crippen LogP contribution is 2.22. The normalized spacial score (nSPS) is 11.9. The number of nitrogens with two attached hydrogens (primary N) is 1. The van der Waals surface area contributed by atoms with E-state index in [0.29, 0.717) is 11.7 Å². The van der Waals surface area contributed by atoms with Crippen LogP contribution in [0.15, 0.2) is 34.8 Å². The van der Waals surface area contributed by atoms with Crippen molar-refractivity contribution >= 4 is 32.1 Å². The lowest BCUT2D eigenvalue weighted by Gasteiger charge is -1.98. The molecule has 21 heavy (non-hydrogen) atoms. The number of anilines is 1. The molecule has 0 amide bonds. The molecule has 7 nitrogen and oxygen atoms in total. The first kappa shape index (κ1) is 14.0. The van der Waals surface area contributed by atoms with Gasteiger partial charge >= 0.3 is 0 Å². The Hall–Kier alpha value is -1.97. The van der Waals surface area contributed by atoms with E-state index in [-0.39, 0.29) is 4.21 Å². The number of pyridine rings is 1. The van der Waals surface area contributed by atoms with Crippen LogP contribution >= 0.6 is 11.3 Å². The molecule has 0 saturated carbocycles. The fraction of sp³-hybridized carbons (Fsp3) is 0.167. The van der Waals surface area contributed by atoms with E-state index >= 15 is 0 Å². The Bertz CT molecular complexity index is 897. The van der Waals surface area contributed by atoms with Crippen molar-refractivity contribution in [2.45, 2.75) is 17.7 Å². The van der Waals surface area contributed by atoms with Crippen LogP contribution in [0.5, 0.6) is 0 Å². The molecule has 0 aromatic carbocycles. The summed E-state index contributed by atoms with van der Waals surface area (Å²) in [5.41, 5.74) is 2.81. The molecule has 0 aliphatic rings. The van der Waals surface area contributed by atoms with Gasteiger partial charge in [-0.1, -0.05) is 17.4 Å². The Kier molecular flexibility index (Phi) is 3.40. The molecule has 3 N–H and O–H groups in total. The third-order valence-corrected chi connectivity index (χ3v) is 5.29. The van der Waals surface area contributed by atoms with E-state index < -0.39 is 10.0 Å². The third kappa shape index (κ3) is 2.89. The number of imidazole rings is 1. The molecule has 0 radical (unpaired) electrons. The first-order chi connectivity index (χ1) is 9.93. The van der Waals surface area contributed by atoms with Crippen molar-refractivity contribution in [3.63, 3.8) is 0 Å². The number of sulfonamides is 1. The molecule has 0 unspecified atom stereocenters. The smallest absolute Gasteiger partial charge is 0.249 e. The second kappa shape index (κ2) is 5.10. The summed E-state index contributed by atoms with van der Waals surface area (Å²) in [6, 6.07) is 5.89. The summed E-state index contributed by atoms with van der Waals surface area (Å²) < 4.78 is 24.4. The Morgan fingerprint density at radius 3 is 2.90 bits per heavy atom. The van der Waals surface area contributed by atoms with Gasteiger partial charge in [0, 0.05) is 11.9 Å². The van der Waals surface area contributed by atoms with Gasteiger partial charge in [0.2, 0.25) is 10.0 Å². The summed E-state index contributed by atoms with van der Waals surface area (Å²) in [6.45, 7) is 2.46. The molecule has 0 atom stereocenters. The number of primary sulfonamides is 1. The molecule has 3 rings (SSSR count). The minimum Gasteiger partial charge on any atom is -0.356 e. The van der Waals surface area contributed by atoms with E-state index in [2.05, 4.69) is 15.3 Å². The number of aromatic nitrogens is 3. The minimum absolute atomic E-state index is 0.0378. The fourth-order valence-electron chi connectivity index (χ4n) is 1.92. The largest absolute Gasteiger partial charge is 0.356 e. The average molecular weight is 323 g/mol. The maximum Gasteiger partial charge on any atom is 0.249 e. The summed E-state index contributed by atoms with van der Waals surface area (Å²) in [4.78, 5) is 8.46. The quantitative estimate of drug-likeness (QED) is 0.754. The van der Waals surface area contributed by atoms with Crippen LogP contribution in [0.3, 0.4) is 0 Å². The van der Waals surface area contributed by atoms with Crippen LogP contribution in [0.4, 0.5) is 5.13 Å². The number of rotatable bonds is 4. The third-order valence-electron chi connectivity index (χ3n) is 2.93. The van der Waals surface area contributed by atoms with Crippen LogP contribution in [0.25, 0.3) is 5.65 Å². The SMILES string of the molecule is Cc1cccc2nc(CNc3ncc(S(N)(=O)=O)s3)cn12. The molecule has 3 aromatic heterocycles. The maximum absolute atomic E-state index is 11.2. The van der Waals surface area contributed by atoms with Gasteiger partial charge in [-0.3, -0.25) is 0 Å². The average Bonchev–Trinajstić information content (AvgIpc) is 3.02. The summed E-state index contributed by atoms with van der Waals surface area (Å²) in [5, 5.41) is 8.58. The fourth-order valence-corrected chi connectivity index (χ4v) is 3.37. The number of hydrogen-bond acceptors (Lipinski definition) is 6. The van der Waals surface area contributed by atoms with E-state index in [1.165, 1.54) is 6.20 Å². The molecule has 0 aliphatic carbocycles. The summed E-state index contributed by atoms with van der Waals surface area (Å²) in [5.74, 6) is 0. The van der Waals surface area contributed by atoms with Crippen molar-refractivity contribution in [2.75, 3.05) is 5.32 Å². The monoisotopic (exact) mass is 323 g/mol. The van der Waals surface area contributed by atoms with Gasteiger partial charge in [-0.2, -0.15) is 0 Å². The van der Waals surface area contributed by atoms with Gasteiger partial charge in [-0.15, -0.1) is 0 Å². The van der Waals surface area contributed by atoms with Gasteiger partial charge in [0.25, 0.3) is 0 Å². The van der Waals surface area contributed by atoms with Crippen molar-refractivity contribution in [3.8, 4) is 0 Å². The number of nitrogens with zero attached hydrogens (tertiary/aromatic N) is 3. The van der Waals surface area contributed by atoms with Crippen molar-refractivity contribution in [2.24, 2.45) is 5.14 Å². The molecule has 3 heterocycles. The Morgan fingerprint density at radius 1 is 1.43 bits per heavy atom. The first-order valence-corrected chi connectivity index (χ1v) is 8.46. The van der Waals surface area contributed by atoms with E-state index in [0.717, 1.165) is 28.4 Å². The zero-order valence-corrected chi connectivity index (χ0v) is 12.8. The highest BCUT2D eigenvalue weighted by molar-refractivity contribution is 7.91. The number of thiazole rings is 1. The summed E-state index contributed by atoms with van der Waals surface area (Å²) in [7, 11) is -3.69. The highest BCUT2D eigenvalue weighted by atomic mass is 32.2. The first-order valence-electron chi connectivity index (χ1n) is 6.09. The van der Waals surface area contributed by atoms with Crippen LogP contribution < -0.4 is 10.5 Å². The molecule has 0 fully saturated rings. The van der Waals surface area contributed by atoms with E-state index in [9.17, 15) is 8.42 Å². The minimum atomic E-state index is -3.69. The zero-order valence-electron chi connectivity index (χ0n) is 11.1. The Labute approximate surface area is 125 Å². The molecule has 0 bridgehead atoms. The van der Waals surface area contributed by atoms with E-state index in [4.69, 9.17) is 5.14 Å². The molecule has 0 saturated heterocycles. The van der Waals surface area contributed by atoms with Crippen molar-refractivity contribution in [3.05, 3.63) is 42.0 Å². The summed E-state index contributed by atoms with van der Waals surface area (Å²) >= 11 is 0.999. The van der Waals surface area contributed by atoms with Crippen LogP contribution in [0.1, 0.15) is 11.4 Å². The molecule has 3 aromatic rings. The molecule has 110 valence electrons. The number of fused-ring (bicyclic) bond motifs is 1. The molecular weight excluding hydrogens is 310 g/mol. The molecule has 0 aliphatic heterocycles. The second-order valence-corrected chi connectivity index (χ2v) is 7.33. The predicted octanol–water partition coefficient (Wildman–Crippen LogP) is 1.36. The zero-order chi connectivity index (χ0) is 15.0.